The Labute approximate surface area is 331 Å². The van der Waals surface area contributed by atoms with Crippen molar-refractivity contribution in [1.82, 2.24) is 0 Å². The molecule has 1 heterocycles. The number of anilines is 2. The molecule has 286 valence electrons. The topological polar surface area (TPSA) is 6.48 Å². The van der Waals surface area contributed by atoms with E-state index in [2.05, 4.69) is 105 Å². The summed E-state index contributed by atoms with van der Waals surface area (Å²) in [5.74, 6) is 1.35. The summed E-state index contributed by atoms with van der Waals surface area (Å²) in [4.78, 5) is 5.03. The van der Waals surface area contributed by atoms with Crippen LogP contribution in [0, 0.1) is 47.5 Å². The van der Waals surface area contributed by atoms with Crippen molar-refractivity contribution in [2.24, 2.45) is 5.92 Å². The summed E-state index contributed by atoms with van der Waals surface area (Å²) in [6, 6.07) is 9.15. The zero-order valence-electron chi connectivity index (χ0n) is 33.0. The van der Waals surface area contributed by atoms with Crippen LogP contribution in [0.4, 0.5) is 11.4 Å². The van der Waals surface area contributed by atoms with E-state index in [-0.39, 0.29) is 5.92 Å². The van der Waals surface area contributed by atoms with Gasteiger partial charge in [0.15, 0.2) is 0 Å². The molecule has 2 aromatic rings. The Hall–Kier alpha value is -1.24. The average molecular weight is 849 g/mol. The number of hydrogen-bond donors (Lipinski definition) is 0. The maximum atomic E-state index is 6.37. The normalized spacial score (nSPS) is 22.2. The van der Waals surface area contributed by atoms with Crippen LogP contribution in [-0.4, -0.2) is 34.7 Å². The van der Waals surface area contributed by atoms with E-state index < -0.39 is 13.5 Å². The molecular weight excluding hydrogens is 783 g/mol. The Morgan fingerprint density at radius 3 is 1.33 bits per heavy atom. The molecule has 3 saturated carbocycles. The minimum absolute atomic E-state index is 0.110. The van der Waals surface area contributed by atoms with E-state index in [0.717, 1.165) is 13.1 Å². The number of halogens is 2. The molecular formula is C46H65Cl2N2PRu. The molecule has 0 amide bonds. The van der Waals surface area contributed by atoms with E-state index in [1.165, 1.54) is 92.4 Å². The predicted octanol–water partition coefficient (Wildman–Crippen LogP) is 14.0. The summed E-state index contributed by atoms with van der Waals surface area (Å²) in [5.41, 5.74) is 15.3. The first-order valence-electron chi connectivity index (χ1n) is 20.5. The van der Waals surface area contributed by atoms with Gasteiger partial charge in [-0.05, 0) is 55.5 Å². The minimum atomic E-state index is -1.95. The van der Waals surface area contributed by atoms with E-state index >= 15 is 0 Å². The molecule has 7 rings (SSSR count). The van der Waals surface area contributed by atoms with Crippen LogP contribution in [0.1, 0.15) is 130 Å². The third-order valence-corrected chi connectivity index (χ3v) is 18.6. The van der Waals surface area contributed by atoms with Crippen LogP contribution in [0.15, 0.2) is 60.0 Å². The van der Waals surface area contributed by atoms with Gasteiger partial charge in [-0.1, -0.05) is 65.7 Å². The van der Waals surface area contributed by atoms with Crippen LogP contribution < -0.4 is 9.80 Å². The summed E-state index contributed by atoms with van der Waals surface area (Å²) in [6.45, 7) is 15.1. The van der Waals surface area contributed by atoms with Crippen LogP contribution in [0.25, 0.3) is 0 Å². The van der Waals surface area contributed by atoms with Crippen molar-refractivity contribution in [3.05, 3.63) is 93.3 Å². The van der Waals surface area contributed by atoms with Gasteiger partial charge >= 0.3 is 213 Å². The van der Waals surface area contributed by atoms with E-state index in [0.29, 0.717) is 7.92 Å². The van der Waals surface area contributed by atoms with Gasteiger partial charge in [-0.15, -0.1) is 0 Å². The van der Waals surface area contributed by atoms with Crippen molar-refractivity contribution in [3.8, 4) is 0 Å². The first kappa shape index (κ1) is 40.4. The Kier molecular flexibility index (Phi) is 14.8. The van der Waals surface area contributed by atoms with Gasteiger partial charge in [0.1, 0.15) is 0 Å². The van der Waals surface area contributed by atoms with Crippen LogP contribution >= 0.6 is 27.3 Å². The van der Waals surface area contributed by atoms with Crippen LogP contribution in [0.3, 0.4) is 0 Å². The van der Waals surface area contributed by atoms with Gasteiger partial charge in [-0.2, -0.15) is 0 Å². The van der Waals surface area contributed by atoms with Gasteiger partial charge in [0.05, 0.1) is 0 Å². The van der Waals surface area contributed by atoms with Crippen LogP contribution in [-0.2, 0) is 13.5 Å². The molecule has 4 aliphatic carbocycles. The Morgan fingerprint density at radius 1 is 0.577 bits per heavy atom. The molecule has 4 fully saturated rings. The summed E-state index contributed by atoms with van der Waals surface area (Å²) in [5, 5.41) is 0. The van der Waals surface area contributed by atoms with E-state index in [4.69, 9.17) is 19.4 Å². The van der Waals surface area contributed by atoms with Gasteiger partial charge in [-0.3, -0.25) is 0 Å². The molecule has 2 aromatic carbocycles. The number of nitrogens with zero attached hydrogens (tertiary/aromatic N) is 2. The molecule has 1 saturated heterocycles. The second kappa shape index (κ2) is 19.1. The van der Waals surface area contributed by atoms with Gasteiger partial charge < -0.3 is 0 Å². The van der Waals surface area contributed by atoms with Crippen molar-refractivity contribution in [1.29, 1.82) is 0 Å². The molecule has 5 aliphatic rings. The van der Waals surface area contributed by atoms with Gasteiger partial charge in [0, 0.05) is 0 Å². The fourth-order valence-corrected chi connectivity index (χ4v) is 17.3. The molecule has 2 nitrogen and oxygen atoms in total. The molecule has 1 aliphatic heterocycles. The number of benzene rings is 2. The maximum absolute atomic E-state index is 6.37. The van der Waals surface area contributed by atoms with Crippen molar-refractivity contribution in [2.75, 3.05) is 22.9 Å². The molecule has 1 atom stereocenters. The molecule has 52 heavy (non-hydrogen) atoms. The molecule has 1 unspecified atom stereocenters. The third kappa shape index (κ3) is 9.76. The fourth-order valence-electron chi connectivity index (χ4n) is 10.5. The quantitative estimate of drug-likeness (QED) is 0.211. The molecule has 6 heteroatoms. The molecule has 0 radical (unpaired) electrons. The number of allylic oxidation sites excluding steroid dienone is 5. The number of rotatable bonds is 6. The van der Waals surface area contributed by atoms with Crippen molar-refractivity contribution < 1.29 is 13.5 Å². The van der Waals surface area contributed by atoms with Crippen molar-refractivity contribution in [2.45, 2.75) is 155 Å². The van der Waals surface area contributed by atoms with Crippen molar-refractivity contribution in [3.63, 3.8) is 0 Å². The monoisotopic (exact) mass is 848 g/mol. The van der Waals surface area contributed by atoms with Crippen LogP contribution in [0.5, 0.6) is 0 Å². The standard InChI is InChI=1S/C28H32N2.C18H33P.2ClH.Ru/c1-18-14-21(4)26(22(5)15-18)29-12-13-30(27-23(6)16-19(2)17-24(27)7)28(29)25-11-9-8-10-20(25)3;1-4-10-16(11-5-1)19(17-12-6-2-7-13-17)18-14-8-3-9-15-18;;;/h3,8-11,14-17,20H,12-13H2,1-2,4-7H3;16-18H,1-15H2;2*1H;/q;;;;+2/p-2. The summed E-state index contributed by atoms with van der Waals surface area (Å²) in [7, 11) is 13.1. The number of hydrogen-bond acceptors (Lipinski definition) is 2. The van der Waals surface area contributed by atoms with Crippen LogP contribution in [0.2, 0.25) is 0 Å². The second-order valence-electron chi connectivity index (χ2n) is 16.5. The molecule has 0 N–H and O–H groups in total. The van der Waals surface area contributed by atoms with Gasteiger partial charge in [0.2, 0.25) is 0 Å². The predicted molar refractivity (Wildman–Crippen MR) is 230 cm³/mol. The van der Waals surface area contributed by atoms with Gasteiger partial charge in [-0.25, -0.2) is 0 Å². The Morgan fingerprint density at radius 2 is 0.962 bits per heavy atom. The Balaban J connectivity index is 0.000000206. The van der Waals surface area contributed by atoms with Crippen molar-refractivity contribution >= 4 is 43.3 Å². The molecule has 0 spiro atoms. The number of aryl methyl sites for hydroxylation is 6. The van der Waals surface area contributed by atoms with Gasteiger partial charge in [0.25, 0.3) is 0 Å². The Bertz CT molecular complexity index is 1500. The van der Waals surface area contributed by atoms with E-state index in [1.54, 1.807) is 77.0 Å². The zero-order chi connectivity index (χ0) is 36.8. The van der Waals surface area contributed by atoms with E-state index in [9.17, 15) is 0 Å². The summed E-state index contributed by atoms with van der Waals surface area (Å²) < 4.78 is 2.15. The van der Waals surface area contributed by atoms with E-state index in [1.807, 2.05) is 0 Å². The molecule has 0 bridgehead atoms. The summed E-state index contributed by atoms with van der Waals surface area (Å²) >= 11 is -1.95. The average Bonchev–Trinajstić information content (AvgIpc) is 3.52. The fraction of sp³-hybridized carbons (Fsp3) is 0.587. The third-order valence-electron chi connectivity index (χ3n) is 12.4. The SMILES string of the molecule is C1CCC(P(C2CCCCC2)C2CCCCC2)CC1.Cc1cc(C)c(N2CCN(c3c(C)cc(C)cc3C)C2=C2C=CC=CC2[CH]=[Ru]([Cl])[Cl])c(C)c1. The second-order valence-corrected chi connectivity index (χ2v) is 25.4. The first-order valence-corrected chi connectivity index (χ1v) is 27.6. The zero-order valence-corrected chi connectivity index (χ0v) is 37.1. The first-order chi connectivity index (χ1) is 25.1. The molecule has 0 aromatic heterocycles. The summed E-state index contributed by atoms with van der Waals surface area (Å²) in [6.07, 6.45) is 32.3.